The molecule has 2 amide bonds. The Morgan fingerprint density at radius 1 is 1.13 bits per heavy atom. The van der Waals surface area contributed by atoms with Gasteiger partial charge < -0.3 is 20.1 Å². The zero-order chi connectivity index (χ0) is 23.1. The van der Waals surface area contributed by atoms with Gasteiger partial charge >= 0.3 is 11.7 Å². The second-order valence-electron chi connectivity index (χ2n) is 6.72. The number of ether oxygens (including phenoxy) is 2. The molecule has 0 bridgehead atoms. The predicted molar refractivity (Wildman–Crippen MR) is 112 cm³/mol. The van der Waals surface area contributed by atoms with E-state index in [0.29, 0.717) is 5.69 Å². The van der Waals surface area contributed by atoms with Gasteiger partial charge in [0.25, 0.3) is 5.91 Å². The van der Waals surface area contributed by atoms with E-state index < -0.39 is 34.5 Å². The van der Waals surface area contributed by atoms with Crippen LogP contribution in [0.25, 0.3) is 0 Å². The number of anilines is 1. The highest BCUT2D eigenvalue weighted by atomic mass is 16.6. The molecule has 0 saturated carbocycles. The summed E-state index contributed by atoms with van der Waals surface area (Å²) in [6.07, 6.45) is -1.22. The molecule has 10 nitrogen and oxygen atoms in total. The Morgan fingerprint density at radius 2 is 1.77 bits per heavy atom. The molecule has 1 atom stereocenters. The molecule has 0 fully saturated rings. The van der Waals surface area contributed by atoms with E-state index in [4.69, 9.17) is 9.47 Å². The van der Waals surface area contributed by atoms with Gasteiger partial charge in [0.2, 0.25) is 5.91 Å². The van der Waals surface area contributed by atoms with Crippen molar-refractivity contribution in [2.24, 2.45) is 0 Å². The normalized spacial score (nSPS) is 11.2. The molecule has 0 aromatic heterocycles. The fraction of sp³-hybridized carbons (Fsp3) is 0.286. The lowest BCUT2D eigenvalue weighted by molar-refractivity contribution is -0.385. The number of nitro groups is 1. The molecule has 0 aliphatic carbocycles. The highest BCUT2D eigenvalue weighted by Gasteiger charge is 2.23. The van der Waals surface area contributed by atoms with Crippen LogP contribution in [0.1, 0.15) is 28.4 Å². The van der Waals surface area contributed by atoms with Crippen LogP contribution in [-0.4, -0.2) is 42.5 Å². The quantitative estimate of drug-likeness (QED) is 0.374. The van der Waals surface area contributed by atoms with Crippen LogP contribution in [0.2, 0.25) is 0 Å². The number of nitrogens with zero attached hydrogens (tertiary/aromatic N) is 1. The first-order chi connectivity index (χ1) is 14.6. The summed E-state index contributed by atoms with van der Waals surface area (Å²) >= 11 is 0. The molecule has 0 aliphatic rings. The number of para-hydroxylation sites is 1. The number of aryl methyl sites for hydroxylation is 2. The van der Waals surface area contributed by atoms with Crippen LogP contribution >= 0.6 is 0 Å². The van der Waals surface area contributed by atoms with Crippen LogP contribution in [0.15, 0.2) is 36.4 Å². The average Bonchev–Trinajstić information content (AvgIpc) is 2.73. The summed E-state index contributed by atoms with van der Waals surface area (Å²) in [5.41, 5.74) is 1.92. The van der Waals surface area contributed by atoms with Crippen molar-refractivity contribution in [1.82, 2.24) is 5.32 Å². The zero-order valence-corrected chi connectivity index (χ0v) is 17.6. The molecule has 0 spiro atoms. The molecule has 0 heterocycles. The van der Waals surface area contributed by atoms with Gasteiger partial charge in [-0.05, 0) is 44.0 Å². The summed E-state index contributed by atoms with van der Waals surface area (Å²) in [6, 6.07) is 9.13. The van der Waals surface area contributed by atoms with Gasteiger partial charge in [-0.25, -0.2) is 4.79 Å². The number of nitro benzene ring substituents is 1. The van der Waals surface area contributed by atoms with Gasteiger partial charge in [-0.15, -0.1) is 0 Å². The van der Waals surface area contributed by atoms with E-state index in [-0.39, 0.29) is 17.9 Å². The lowest BCUT2D eigenvalue weighted by Crippen LogP contribution is -2.40. The first kappa shape index (κ1) is 23.3. The summed E-state index contributed by atoms with van der Waals surface area (Å²) < 4.78 is 9.93. The second kappa shape index (κ2) is 10.2. The minimum Gasteiger partial charge on any atom is -0.490 e. The number of esters is 1. The lowest BCUT2D eigenvalue weighted by atomic mass is 10.1. The first-order valence-electron chi connectivity index (χ1n) is 9.31. The molecule has 0 saturated heterocycles. The zero-order valence-electron chi connectivity index (χ0n) is 17.6. The summed E-state index contributed by atoms with van der Waals surface area (Å²) in [5.74, 6) is -2.06. The highest BCUT2D eigenvalue weighted by Crippen LogP contribution is 2.27. The largest absolute Gasteiger partial charge is 0.490 e. The molecule has 2 aromatic rings. The van der Waals surface area contributed by atoms with Crippen molar-refractivity contribution >= 4 is 29.2 Å². The van der Waals surface area contributed by atoms with Crippen molar-refractivity contribution in [2.75, 3.05) is 19.0 Å². The van der Waals surface area contributed by atoms with E-state index in [1.54, 1.807) is 0 Å². The number of carbonyl (C=O) groups is 3. The van der Waals surface area contributed by atoms with Gasteiger partial charge in [-0.3, -0.25) is 19.7 Å². The molecule has 2 rings (SSSR count). The number of nitrogens with one attached hydrogen (secondary N) is 2. The van der Waals surface area contributed by atoms with E-state index in [1.165, 1.54) is 26.2 Å². The van der Waals surface area contributed by atoms with E-state index in [0.717, 1.165) is 17.2 Å². The summed E-state index contributed by atoms with van der Waals surface area (Å²) in [6.45, 7) is 4.72. The second-order valence-corrected chi connectivity index (χ2v) is 6.72. The van der Waals surface area contributed by atoms with Gasteiger partial charge in [-0.1, -0.05) is 18.2 Å². The highest BCUT2D eigenvalue weighted by molar-refractivity contribution is 5.97. The molecule has 0 aliphatic heterocycles. The minimum atomic E-state index is -1.22. The SMILES string of the molecule is COc1ccc(C(=O)O[C@@H](C)C(=O)NCC(=O)Nc2c(C)cccc2C)cc1[N+](=O)[O-]. The topological polar surface area (TPSA) is 137 Å². The van der Waals surface area contributed by atoms with E-state index in [1.807, 2.05) is 32.0 Å². The molecule has 2 aromatic carbocycles. The number of rotatable bonds is 8. The van der Waals surface area contributed by atoms with Crippen molar-refractivity contribution in [1.29, 1.82) is 0 Å². The first-order valence-corrected chi connectivity index (χ1v) is 9.31. The maximum Gasteiger partial charge on any atom is 0.339 e. The van der Waals surface area contributed by atoms with Crippen molar-refractivity contribution in [3.8, 4) is 5.75 Å². The van der Waals surface area contributed by atoms with Crippen molar-refractivity contribution in [3.05, 3.63) is 63.2 Å². The molecular formula is C21H23N3O7. The van der Waals surface area contributed by atoms with Crippen molar-refractivity contribution in [3.63, 3.8) is 0 Å². The van der Waals surface area contributed by atoms with Crippen LogP contribution in [0, 0.1) is 24.0 Å². The maximum atomic E-state index is 12.2. The molecule has 0 unspecified atom stereocenters. The van der Waals surface area contributed by atoms with Crippen LogP contribution < -0.4 is 15.4 Å². The number of hydrogen-bond acceptors (Lipinski definition) is 7. The Morgan fingerprint density at radius 3 is 2.35 bits per heavy atom. The number of benzene rings is 2. The number of methoxy groups -OCH3 is 1. The Labute approximate surface area is 178 Å². The maximum absolute atomic E-state index is 12.2. The van der Waals surface area contributed by atoms with Gasteiger partial charge in [0, 0.05) is 11.8 Å². The fourth-order valence-electron chi connectivity index (χ4n) is 2.75. The lowest BCUT2D eigenvalue weighted by Gasteiger charge is -2.15. The van der Waals surface area contributed by atoms with Crippen molar-refractivity contribution in [2.45, 2.75) is 26.9 Å². The average molecular weight is 429 g/mol. The Hall–Kier alpha value is -3.95. The smallest absolute Gasteiger partial charge is 0.339 e. The van der Waals surface area contributed by atoms with Crippen LogP contribution in [-0.2, 0) is 14.3 Å². The molecule has 10 heteroatoms. The monoisotopic (exact) mass is 429 g/mol. The standard InChI is InChI=1S/C21H23N3O7/c1-12-6-5-7-13(2)19(12)23-18(25)11-22-20(26)14(3)31-21(27)15-8-9-17(30-4)16(10-15)24(28)29/h5-10,14H,11H2,1-4H3,(H,22,26)(H,23,25)/t14-/m0/s1. The summed E-state index contributed by atoms with van der Waals surface area (Å²) in [5, 5.41) is 16.2. The van der Waals surface area contributed by atoms with E-state index >= 15 is 0 Å². The van der Waals surface area contributed by atoms with E-state index in [2.05, 4.69) is 10.6 Å². The Balaban J connectivity index is 1.93. The molecular weight excluding hydrogens is 406 g/mol. The predicted octanol–water partition coefficient (Wildman–Crippen LogP) is 2.52. The third-order valence-electron chi connectivity index (χ3n) is 4.43. The summed E-state index contributed by atoms with van der Waals surface area (Å²) in [4.78, 5) is 46.9. The fourth-order valence-corrected chi connectivity index (χ4v) is 2.75. The third kappa shape index (κ3) is 6.01. The number of hydrogen-bond donors (Lipinski definition) is 2. The number of amides is 2. The van der Waals surface area contributed by atoms with Gasteiger partial charge in [0.1, 0.15) is 0 Å². The summed E-state index contributed by atoms with van der Waals surface area (Å²) in [7, 11) is 1.27. The minimum absolute atomic E-state index is 0.0118. The van der Waals surface area contributed by atoms with Crippen molar-refractivity contribution < 1.29 is 28.8 Å². The molecule has 31 heavy (non-hydrogen) atoms. The van der Waals surface area contributed by atoms with E-state index in [9.17, 15) is 24.5 Å². The molecule has 0 radical (unpaired) electrons. The van der Waals surface area contributed by atoms with Gasteiger partial charge in [-0.2, -0.15) is 0 Å². The Bertz CT molecular complexity index is 1000. The van der Waals surface area contributed by atoms with Gasteiger partial charge in [0.05, 0.1) is 24.1 Å². The molecule has 2 N–H and O–H groups in total. The number of carbonyl (C=O) groups excluding carboxylic acids is 3. The Kier molecular flexibility index (Phi) is 7.67. The van der Waals surface area contributed by atoms with Crippen LogP contribution in [0.5, 0.6) is 5.75 Å². The van der Waals surface area contributed by atoms with Crippen LogP contribution in [0.3, 0.4) is 0 Å². The van der Waals surface area contributed by atoms with Gasteiger partial charge in [0.15, 0.2) is 11.9 Å². The molecule has 164 valence electrons. The van der Waals surface area contributed by atoms with Crippen LogP contribution in [0.4, 0.5) is 11.4 Å². The third-order valence-corrected chi connectivity index (χ3v) is 4.43.